The summed E-state index contributed by atoms with van der Waals surface area (Å²) in [6, 6.07) is 6.96. The first-order valence-electron chi connectivity index (χ1n) is 7.09. The fourth-order valence-corrected chi connectivity index (χ4v) is 3.29. The Hall–Kier alpha value is -1.32. The third kappa shape index (κ3) is 2.36. The molecule has 1 aliphatic carbocycles. The highest BCUT2D eigenvalue weighted by Gasteiger charge is 2.25. The quantitative estimate of drug-likeness (QED) is 0.933. The van der Waals surface area contributed by atoms with E-state index in [1.54, 1.807) is 0 Å². The van der Waals surface area contributed by atoms with Gasteiger partial charge in [-0.1, -0.05) is 17.7 Å². The number of nitrogens with one attached hydrogen (secondary N) is 1. The first-order valence-corrected chi connectivity index (χ1v) is 7.47. The molecule has 3 rings (SSSR count). The molecule has 0 aliphatic heterocycles. The number of aryl methyl sites for hydroxylation is 2. The normalized spacial score (nSPS) is 19.1. The van der Waals surface area contributed by atoms with E-state index in [1.165, 1.54) is 22.4 Å². The van der Waals surface area contributed by atoms with Gasteiger partial charge in [0.1, 0.15) is 0 Å². The van der Waals surface area contributed by atoms with Crippen LogP contribution in [-0.2, 0) is 13.5 Å². The van der Waals surface area contributed by atoms with Crippen molar-refractivity contribution in [1.82, 2.24) is 15.1 Å². The standard InChI is InChI=1S/C16H20ClN3/c1-10(15-9-18-20(3)11(15)2)19-16-7-4-12-8-13(17)5-6-14(12)16/h5-6,8-10,16,19H,4,7H2,1-3H3. The Balaban J connectivity index is 1.79. The summed E-state index contributed by atoms with van der Waals surface area (Å²) in [5.41, 5.74) is 5.27. The van der Waals surface area contributed by atoms with Gasteiger partial charge < -0.3 is 5.32 Å². The topological polar surface area (TPSA) is 29.9 Å². The number of halogens is 1. The van der Waals surface area contributed by atoms with Crippen LogP contribution >= 0.6 is 11.6 Å². The minimum Gasteiger partial charge on any atom is -0.303 e. The van der Waals surface area contributed by atoms with Crippen LogP contribution in [0.3, 0.4) is 0 Å². The molecule has 2 unspecified atom stereocenters. The average Bonchev–Trinajstić information content (AvgIpc) is 2.95. The van der Waals surface area contributed by atoms with Crippen molar-refractivity contribution in [2.75, 3.05) is 0 Å². The number of hydrogen-bond acceptors (Lipinski definition) is 2. The van der Waals surface area contributed by atoms with Gasteiger partial charge in [-0.2, -0.15) is 5.10 Å². The van der Waals surface area contributed by atoms with E-state index in [1.807, 2.05) is 24.0 Å². The van der Waals surface area contributed by atoms with Crippen molar-refractivity contribution >= 4 is 11.6 Å². The fraction of sp³-hybridized carbons (Fsp3) is 0.438. The molecular formula is C16H20ClN3. The van der Waals surface area contributed by atoms with Gasteiger partial charge in [-0.25, -0.2) is 0 Å². The smallest absolute Gasteiger partial charge is 0.0540 e. The molecule has 106 valence electrons. The zero-order chi connectivity index (χ0) is 14.3. The van der Waals surface area contributed by atoms with Crippen molar-refractivity contribution in [1.29, 1.82) is 0 Å². The van der Waals surface area contributed by atoms with E-state index in [0.29, 0.717) is 12.1 Å². The van der Waals surface area contributed by atoms with Crippen LogP contribution in [0.25, 0.3) is 0 Å². The van der Waals surface area contributed by atoms with Crippen LogP contribution in [0.2, 0.25) is 5.02 Å². The highest BCUT2D eigenvalue weighted by Crippen LogP contribution is 2.34. The molecule has 1 aromatic heterocycles. The van der Waals surface area contributed by atoms with Gasteiger partial charge in [-0.3, -0.25) is 4.68 Å². The molecule has 2 aromatic rings. The molecule has 0 bridgehead atoms. The number of nitrogens with zero attached hydrogens (tertiary/aromatic N) is 2. The van der Waals surface area contributed by atoms with E-state index < -0.39 is 0 Å². The second kappa shape index (κ2) is 5.23. The zero-order valence-electron chi connectivity index (χ0n) is 12.2. The molecule has 0 saturated heterocycles. The minimum atomic E-state index is 0.301. The zero-order valence-corrected chi connectivity index (χ0v) is 12.9. The molecular weight excluding hydrogens is 270 g/mol. The van der Waals surface area contributed by atoms with Crippen molar-refractivity contribution in [2.45, 2.75) is 38.8 Å². The Morgan fingerprint density at radius 2 is 2.25 bits per heavy atom. The second-order valence-corrected chi connectivity index (χ2v) is 6.07. The summed E-state index contributed by atoms with van der Waals surface area (Å²) in [5, 5.41) is 8.89. The SMILES string of the molecule is Cc1c(C(C)NC2CCc3cc(Cl)ccc32)cnn1C. The molecule has 1 aliphatic rings. The Bertz CT molecular complexity index is 633. The van der Waals surface area contributed by atoms with Crippen molar-refractivity contribution < 1.29 is 0 Å². The van der Waals surface area contributed by atoms with Crippen LogP contribution in [0.15, 0.2) is 24.4 Å². The lowest BCUT2D eigenvalue weighted by atomic mass is 10.0. The lowest BCUT2D eigenvalue weighted by Gasteiger charge is -2.20. The summed E-state index contributed by atoms with van der Waals surface area (Å²) in [7, 11) is 1.98. The number of rotatable bonds is 3. The van der Waals surface area contributed by atoms with Gasteiger partial charge in [0.2, 0.25) is 0 Å². The average molecular weight is 290 g/mol. The number of fused-ring (bicyclic) bond motifs is 1. The molecule has 2 atom stereocenters. The summed E-state index contributed by atoms with van der Waals surface area (Å²) >= 11 is 6.06. The highest BCUT2D eigenvalue weighted by molar-refractivity contribution is 6.30. The lowest BCUT2D eigenvalue weighted by molar-refractivity contribution is 0.463. The first-order chi connectivity index (χ1) is 9.56. The van der Waals surface area contributed by atoms with Gasteiger partial charge in [0, 0.05) is 35.4 Å². The largest absolute Gasteiger partial charge is 0.303 e. The van der Waals surface area contributed by atoms with Gasteiger partial charge >= 0.3 is 0 Å². The Labute approximate surface area is 124 Å². The Kier molecular flexibility index (Phi) is 3.57. The fourth-order valence-electron chi connectivity index (χ4n) is 3.09. The summed E-state index contributed by atoms with van der Waals surface area (Å²) in [4.78, 5) is 0. The number of hydrogen-bond donors (Lipinski definition) is 1. The molecule has 4 heteroatoms. The van der Waals surface area contributed by atoms with Gasteiger partial charge in [0.15, 0.2) is 0 Å². The third-order valence-electron chi connectivity index (χ3n) is 4.37. The monoisotopic (exact) mass is 289 g/mol. The van der Waals surface area contributed by atoms with Crippen LogP contribution in [0, 0.1) is 6.92 Å². The molecule has 1 heterocycles. The predicted octanol–water partition coefficient (Wildman–Crippen LogP) is 3.72. The van der Waals surface area contributed by atoms with E-state index in [4.69, 9.17) is 11.6 Å². The third-order valence-corrected chi connectivity index (χ3v) is 4.61. The van der Waals surface area contributed by atoms with E-state index in [2.05, 4.69) is 36.4 Å². The molecule has 0 fully saturated rings. The van der Waals surface area contributed by atoms with Gasteiger partial charge in [-0.05, 0) is 49.9 Å². The van der Waals surface area contributed by atoms with Crippen molar-refractivity contribution in [3.8, 4) is 0 Å². The minimum absolute atomic E-state index is 0.301. The molecule has 0 radical (unpaired) electrons. The van der Waals surface area contributed by atoms with Gasteiger partial charge in [-0.15, -0.1) is 0 Å². The van der Waals surface area contributed by atoms with Crippen molar-refractivity contribution in [2.24, 2.45) is 7.05 Å². The van der Waals surface area contributed by atoms with Crippen LogP contribution in [-0.4, -0.2) is 9.78 Å². The second-order valence-electron chi connectivity index (χ2n) is 5.63. The van der Waals surface area contributed by atoms with Crippen LogP contribution in [0.4, 0.5) is 0 Å². The lowest BCUT2D eigenvalue weighted by Crippen LogP contribution is -2.23. The molecule has 0 saturated carbocycles. The van der Waals surface area contributed by atoms with Gasteiger partial charge in [0.25, 0.3) is 0 Å². The van der Waals surface area contributed by atoms with E-state index in [9.17, 15) is 0 Å². The van der Waals surface area contributed by atoms with Crippen molar-refractivity contribution in [3.63, 3.8) is 0 Å². The maximum absolute atomic E-state index is 6.06. The maximum Gasteiger partial charge on any atom is 0.0540 e. The Morgan fingerprint density at radius 3 is 2.95 bits per heavy atom. The predicted molar refractivity (Wildman–Crippen MR) is 82.0 cm³/mol. The summed E-state index contributed by atoms with van der Waals surface area (Å²) in [5.74, 6) is 0. The summed E-state index contributed by atoms with van der Waals surface area (Å²) < 4.78 is 1.93. The summed E-state index contributed by atoms with van der Waals surface area (Å²) in [6.07, 6.45) is 4.20. The molecule has 1 N–H and O–H groups in total. The number of benzene rings is 1. The summed E-state index contributed by atoms with van der Waals surface area (Å²) in [6.45, 7) is 4.32. The molecule has 1 aromatic carbocycles. The van der Waals surface area contributed by atoms with E-state index >= 15 is 0 Å². The number of aromatic nitrogens is 2. The first kappa shape index (κ1) is 13.7. The molecule has 0 amide bonds. The highest BCUT2D eigenvalue weighted by atomic mass is 35.5. The maximum atomic E-state index is 6.06. The van der Waals surface area contributed by atoms with E-state index in [0.717, 1.165) is 17.9 Å². The van der Waals surface area contributed by atoms with Crippen LogP contribution in [0.1, 0.15) is 47.8 Å². The van der Waals surface area contributed by atoms with Crippen molar-refractivity contribution in [3.05, 3.63) is 51.8 Å². The van der Waals surface area contributed by atoms with Crippen LogP contribution < -0.4 is 5.32 Å². The Morgan fingerprint density at radius 1 is 1.45 bits per heavy atom. The van der Waals surface area contributed by atoms with Gasteiger partial charge in [0.05, 0.1) is 6.20 Å². The van der Waals surface area contributed by atoms with E-state index in [-0.39, 0.29) is 0 Å². The molecule has 3 nitrogen and oxygen atoms in total. The molecule has 20 heavy (non-hydrogen) atoms. The van der Waals surface area contributed by atoms with Crippen LogP contribution in [0.5, 0.6) is 0 Å². The molecule has 0 spiro atoms.